The first kappa shape index (κ1) is 15.8. The summed E-state index contributed by atoms with van der Waals surface area (Å²) in [4.78, 5) is 0. The topological polar surface area (TPSA) is 21.3 Å². The predicted molar refractivity (Wildman–Crippen MR) is 84.3 cm³/mol. The Labute approximate surface area is 129 Å². The smallest absolute Gasteiger partial charge is 0.138 e. The second-order valence-corrected chi connectivity index (χ2v) is 5.34. The summed E-state index contributed by atoms with van der Waals surface area (Å²) < 4.78 is 19.5. The lowest BCUT2D eigenvalue weighted by Crippen LogP contribution is -2.12. The number of aryl methyl sites for hydroxylation is 1. The molecule has 2 aromatic carbocycles. The van der Waals surface area contributed by atoms with Crippen LogP contribution in [0.2, 0.25) is 5.02 Å². The maximum absolute atomic E-state index is 13.8. The van der Waals surface area contributed by atoms with Crippen molar-refractivity contribution in [3.63, 3.8) is 0 Å². The number of hydrogen-bond donors (Lipinski definition) is 1. The second-order valence-electron chi connectivity index (χ2n) is 4.93. The van der Waals surface area contributed by atoms with Crippen molar-refractivity contribution in [3.05, 3.63) is 63.9 Å². The van der Waals surface area contributed by atoms with Crippen molar-refractivity contribution in [2.75, 3.05) is 6.54 Å². The maximum Gasteiger partial charge on any atom is 0.138 e. The quantitative estimate of drug-likeness (QED) is 0.850. The molecule has 0 atom stereocenters. The van der Waals surface area contributed by atoms with Crippen molar-refractivity contribution in [2.45, 2.75) is 27.0 Å². The van der Waals surface area contributed by atoms with Crippen molar-refractivity contribution in [2.24, 2.45) is 0 Å². The molecule has 0 saturated heterocycles. The number of ether oxygens (including phenoxy) is 1. The van der Waals surface area contributed by atoms with Crippen molar-refractivity contribution in [1.29, 1.82) is 0 Å². The minimum absolute atomic E-state index is 0.162. The first-order valence-electron chi connectivity index (χ1n) is 6.97. The lowest BCUT2D eigenvalue weighted by Gasteiger charge is -2.11. The normalized spacial score (nSPS) is 10.7. The molecule has 0 radical (unpaired) electrons. The van der Waals surface area contributed by atoms with Crippen LogP contribution in [0.25, 0.3) is 0 Å². The van der Waals surface area contributed by atoms with Gasteiger partial charge in [-0.1, -0.05) is 30.7 Å². The minimum Gasteiger partial charge on any atom is -0.487 e. The van der Waals surface area contributed by atoms with E-state index in [2.05, 4.69) is 5.32 Å². The number of benzene rings is 2. The van der Waals surface area contributed by atoms with Crippen LogP contribution in [-0.2, 0) is 13.2 Å². The molecule has 112 valence electrons. The Bertz CT molecular complexity index is 616. The molecular formula is C17H19ClFNO. The Morgan fingerprint density at radius 1 is 1.19 bits per heavy atom. The van der Waals surface area contributed by atoms with Gasteiger partial charge in [0.15, 0.2) is 0 Å². The number of rotatable bonds is 6. The van der Waals surface area contributed by atoms with Crippen LogP contribution in [0, 0.1) is 12.7 Å². The summed E-state index contributed by atoms with van der Waals surface area (Å²) in [7, 11) is 0. The molecule has 2 nitrogen and oxygen atoms in total. The van der Waals surface area contributed by atoms with Crippen LogP contribution in [0.15, 0.2) is 36.4 Å². The SMILES string of the molecule is CCNCc1ccc(F)c(COc2cc(C)ccc2Cl)c1. The molecule has 0 saturated carbocycles. The molecule has 21 heavy (non-hydrogen) atoms. The minimum atomic E-state index is -0.265. The lowest BCUT2D eigenvalue weighted by molar-refractivity contribution is 0.299. The Morgan fingerprint density at radius 3 is 2.76 bits per heavy atom. The van der Waals surface area contributed by atoms with Crippen LogP contribution in [-0.4, -0.2) is 6.54 Å². The fourth-order valence-corrected chi connectivity index (χ4v) is 2.17. The molecule has 2 aromatic rings. The van der Waals surface area contributed by atoms with Gasteiger partial charge in [0, 0.05) is 12.1 Å². The molecule has 4 heteroatoms. The largest absolute Gasteiger partial charge is 0.487 e. The highest BCUT2D eigenvalue weighted by Gasteiger charge is 2.07. The average Bonchev–Trinajstić information content (AvgIpc) is 2.48. The molecule has 0 aliphatic carbocycles. The summed E-state index contributed by atoms with van der Waals surface area (Å²) >= 11 is 6.07. The van der Waals surface area contributed by atoms with Crippen molar-refractivity contribution >= 4 is 11.6 Å². The summed E-state index contributed by atoms with van der Waals surface area (Å²) in [5, 5.41) is 3.75. The fraction of sp³-hybridized carbons (Fsp3) is 0.294. The lowest BCUT2D eigenvalue weighted by atomic mass is 10.1. The molecule has 1 N–H and O–H groups in total. The van der Waals surface area contributed by atoms with E-state index in [9.17, 15) is 4.39 Å². The standard InChI is InChI=1S/C17H19ClFNO/c1-3-20-10-13-5-7-16(19)14(9-13)11-21-17-8-12(2)4-6-15(17)18/h4-9,20H,3,10-11H2,1-2H3. The fourth-order valence-electron chi connectivity index (χ4n) is 1.99. The van der Waals surface area contributed by atoms with E-state index in [1.807, 2.05) is 32.0 Å². The van der Waals surface area contributed by atoms with Gasteiger partial charge in [-0.15, -0.1) is 0 Å². The summed E-state index contributed by atoms with van der Waals surface area (Å²) in [6, 6.07) is 10.6. The van der Waals surface area contributed by atoms with Gasteiger partial charge in [-0.3, -0.25) is 0 Å². The van der Waals surface area contributed by atoms with Crippen molar-refractivity contribution < 1.29 is 9.13 Å². The molecule has 0 bridgehead atoms. The van der Waals surface area contributed by atoms with Gasteiger partial charge in [0.2, 0.25) is 0 Å². The van der Waals surface area contributed by atoms with Gasteiger partial charge in [0.1, 0.15) is 18.2 Å². The maximum atomic E-state index is 13.8. The Balaban J connectivity index is 2.10. The third-order valence-electron chi connectivity index (χ3n) is 3.16. The molecule has 0 aliphatic rings. The molecule has 0 aromatic heterocycles. The summed E-state index contributed by atoms with van der Waals surface area (Å²) in [6.07, 6.45) is 0. The van der Waals surface area contributed by atoms with Crippen molar-refractivity contribution in [3.8, 4) is 5.75 Å². The van der Waals surface area contributed by atoms with Crippen LogP contribution in [0.3, 0.4) is 0 Å². The molecule has 0 fully saturated rings. The van der Waals surface area contributed by atoms with Gasteiger partial charge >= 0.3 is 0 Å². The summed E-state index contributed by atoms with van der Waals surface area (Å²) in [5.41, 5.74) is 2.62. The van der Waals surface area contributed by atoms with Gasteiger partial charge in [-0.2, -0.15) is 0 Å². The van der Waals surface area contributed by atoms with E-state index in [0.29, 0.717) is 16.3 Å². The zero-order valence-electron chi connectivity index (χ0n) is 12.2. The highest BCUT2D eigenvalue weighted by Crippen LogP contribution is 2.26. The highest BCUT2D eigenvalue weighted by molar-refractivity contribution is 6.32. The van der Waals surface area contributed by atoms with Gasteiger partial charge in [0.05, 0.1) is 5.02 Å². The number of hydrogen-bond acceptors (Lipinski definition) is 2. The third kappa shape index (κ3) is 4.45. The van der Waals surface area contributed by atoms with Crippen LogP contribution in [0.5, 0.6) is 5.75 Å². The van der Waals surface area contributed by atoms with E-state index >= 15 is 0 Å². The van der Waals surface area contributed by atoms with E-state index in [1.165, 1.54) is 6.07 Å². The first-order chi connectivity index (χ1) is 10.1. The molecule has 2 rings (SSSR count). The average molecular weight is 308 g/mol. The Morgan fingerprint density at radius 2 is 2.00 bits per heavy atom. The zero-order valence-corrected chi connectivity index (χ0v) is 13.0. The van der Waals surface area contributed by atoms with Crippen LogP contribution >= 0.6 is 11.6 Å². The van der Waals surface area contributed by atoms with E-state index in [-0.39, 0.29) is 12.4 Å². The zero-order chi connectivity index (χ0) is 15.2. The van der Waals surface area contributed by atoms with E-state index in [4.69, 9.17) is 16.3 Å². The van der Waals surface area contributed by atoms with E-state index < -0.39 is 0 Å². The molecule has 0 amide bonds. The van der Waals surface area contributed by atoms with Crippen molar-refractivity contribution in [1.82, 2.24) is 5.32 Å². The highest BCUT2D eigenvalue weighted by atomic mass is 35.5. The number of halogens is 2. The van der Waals surface area contributed by atoms with E-state index in [1.54, 1.807) is 12.1 Å². The van der Waals surface area contributed by atoms with Crippen LogP contribution < -0.4 is 10.1 Å². The monoisotopic (exact) mass is 307 g/mol. The second kappa shape index (κ2) is 7.43. The Hall–Kier alpha value is -1.58. The third-order valence-corrected chi connectivity index (χ3v) is 3.47. The summed E-state index contributed by atoms with van der Waals surface area (Å²) in [5.74, 6) is 0.312. The van der Waals surface area contributed by atoms with Crippen LogP contribution in [0.1, 0.15) is 23.6 Å². The molecular weight excluding hydrogens is 289 g/mol. The number of nitrogens with one attached hydrogen (secondary N) is 1. The molecule has 0 unspecified atom stereocenters. The van der Waals surface area contributed by atoms with Crippen LogP contribution in [0.4, 0.5) is 4.39 Å². The molecule has 0 aliphatic heterocycles. The van der Waals surface area contributed by atoms with Gasteiger partial charge in [0.25, 0.3) is 0 Å². The first-order valence-corrected chi connectivity index (χ1v) is 7.35. The van der Waals surface area contributed by atoms with Gasteiger partial charge in [-0.05, 0) is 48.9 Å². The van der Waals surface area contributed by atoms with Gasteiger partial charge < -0.3 is 10.1 Å². The summed E-state index contributed by atoms with van der Waals surface area (Å²) in [6.45, 7) is 5.75. The predicted octanol–water partition coefficient (Wildman–Crippen LogP) is 4.48. The molecule has 0 heterocycles. The molecule has 0 spiro atoms. The van der Waals surface area contributed by atoms with E-state index in [0.717, 1.165) is 24.2 Å². The van der Waals surface area contributed by atoms with Gasteiger partial charge in [-0.25, -0.2) is 4.39 Å². The Kier molecular flexibility index (Phi) is 5.59.